The van der Waals surface area contributed by atoms with Crippen molar-refractivity contribution in [1.29, 1.82) is 0 Å². The maximum Gasteiger partial charge on any atom is 0.236 e. The zero-order valence-corrected chi connectivity index (χ0v) is 10.9. The molecule has 1 fully saturated rings. The molecule has 1 amide bonds. The van der Waals surface area contributed by atoms with E-state index >= 15 is 0 Å². The van der Waals surface area contributed by atoms with E-state index < -0.39 is 0 Å². The number of amides is 1. The van der Waals surface area contributed by atoms with Crippen LogP contribution in [0.1, 0.15) is 12.8 Å². The molecule has 0 aromatic carbocycles. The minimum Gasteiger partial charge on any atom is -0.300 e. The summed E-state index contributed by atoms with van der Waals surface area (Å²) in [7, 11) is 0. The molecule has 1 N–H and O–H groups in total. The number of anilines is 1. The van der Waals surface area contributed by atoms with Crippen LogP contribution in [-0.2, 0) is 4.79 Å². The van der Waals surface area contributed by atoms with Crippen molar-refractivity contribution in [2.75, 3.05) is 11.1 Å². The SMILES string of the molecule is C=CCSc1nnc(NC(=O)C2(C=C)CC2)s1. The predicted molar refractivity (Wildman–Crippen MR) is 71.3 cm³/mol. The Hall–Kier alpha value is -1.14. The Morgan fingerprint density at radius 1 is 1.53 bits per heavy atom. The maximum absolute atomic E-state index is 11.9. The van der Waals surface area contributed by atoms with Gasteiger partial charge in [-0.15, -0.1) is 23.4 Å². The maximum atomic E-state index is 11.9. The van der Waals surface area contributed by atoms with Gasteiger partial charge >= 0.3 is 0 Å². The van der Waals surface area contributed by atoms with Gasteiger partial charge in [0.1, 0.15) is 0 Å². The lowest BCUT2D eigenvalue weighted by Crippen LogP contribution is -2.22. The quantitative estimate of drug-likeness (QED) is 0.489. The molecule has 17 heavy (non-hydrogen) atoms. The van der Waals surface area contributed by atoms with Gasteiger partial charge in [-0.3, -0.25) is 10.1 Å². The molecule has 1 aliphatic rings. The molecule has 0 saturated heterocycles. The minimum atomic E-state index is -0.361. The van der Waals surface area contributed by atoms with Gasteiger partial charge < -0.3 is 0 Å². The molecule has 1 heterocycles. The summed E-state index contributed by atoms with van der Waals surface area (Å²) in [6.07, 6.45) is 5.27. The van der Waals surface area contributed by atoms with Gasteiger partial charge in [0, 0.05) is 5.75 Å². The van der Waals surface area contributed by atoms with Crippen molar-refractivity contribution in [3.63, 3.8) is 0 Å². The van der Waals surface area contributed by atoms with Crippen LogP contribution in [0.2, 0.25) is 0 Å². The van der Waals surface area contributed by atoms with Gasteiger partial charge in [-0.2, -0.15) is 0 Å². The van der Waals surface area contributed by atoms with Gasteiger partial charge in [0.2, 0.25) is 11.0 Å². The van der Waals surface area contributed by atoms with Crippen LogP contribution in [0.4, 0.5) is 5.13 Å². The fraction of sp³-hybridized carbons (Fsp3) is 0.364. The molecule has 0 bridgehead atoms. The number of rotatable bonds is 6. The van der Waals surface area contributed by atoms with E-state index in [1.807, 2.05) is 0 Å². The van der Waals surface area contributed by atoms with Crippen LogP contribution in [0.5, 0.6) is 0 Å². The Labute approximate surface area is 108 Å². The van der Waals surface area contributed by atoms with E-state index in [1.54, 1.807) is 23.9 Å². The van der Waals surface area contributed by atoms with Crippen molar-refractivity contribution in [3.8, 4) is 0 Å². The highest BCUT2D eigenvalue weighted by Gasteiger charge is 2.47. The molecule has 0 aliphatic heterocycles. The summed E-state index contributed by atoms with van der Waals surface area (Å²) in [6, 6.07) is 0. The third-order valence-corrected chi connectivity index (χ3v) is 4.55. The average Bonchev–Trinajstić information content (AvgIpc) is 3.03. The highest BCUT2D eigenvalue weighted by Crippen LogP contribution is 2.47. The van der Waals surface area contributed by atoms with Gasteiger partial charge in [-0.1, -0.05) is 35.3 Å². The van der Waals surface area contributed by atoms with Crippen molar-refractivity contribution in [3.05, 3.63) is 25.3 Å². The fourth-order valence-corrected chi connectivity index (χ4v) is 2.84. The standard InChI is InChI=1S/C11H13N3OS2/c1-3-7-16-10-14-13-9(17-10)12-8(15)11(4-2)5-6-11/h3-4H,1-2,5-7H2,(H,12,13,15). The lowest BCUT2D eigenvalue weighted by atomic mass is 10.1. The van der Waals surface area contributed by atoms with Gasteiger partial charge in [-0.25, -0.2) is 0 Å². The van der Waals surface area contributed by atoms with Crippen LogP contribution >= 0.6 is 23.1 Å². The molecule has 1 aliphatic carbocycles. The van der Waals surface area contributed by atoms with E-state index in [-0.39, 0.29) is 11.3 Å². The van der Waals surface area contributed by atoms with Crippen LogP contribution in [0.3, 0.4) is 0 Å². The second kappa shape index (κ2) is 5.01. The molecule has 2 rings (SSSR count). The molecule has 90 valence electrons. The number of nitrogens with zero attached hydrogens (tertiary/aromatic N) is 2. The van der Waals surface area contributed by atoms with Crippen LogP contribution in [0.25, 0.3) is 0 Å². The van der Waals surface area contributed by atoms with E-state index in [0.29, 0.717) is 5.13 Å². The molecular weight excluding hydrogens is 254 g/mol. The average molecular weight is 267 g/mol. The van der Waals surface area contributed by atoms with E-state index in [2.05, 4.69) is 28.7 Å². The van der Waals surface area contributed by atoms with Gasteiger partial charge in [0.25, 0.3) is 0 Å². The monoisotopic (exact) mass is 267 g/mol. The van der Waals surface area contributed by atoms with E-state index in [4.69, 9.17) is 0 Å². The summed E-state index contributed by atoms with van der Waals surface area (Å²) in [4.78, 5) is 11.9. The first-order valence-corrected chi connectivity index (χ1v) is 7.03. The number of carbonyl (C=O) groups is 1. The Balaban J connectivity index is 1.95. The first-order chi connectivity index (χ1) is 8.20. The fourth-order valence-electron chi connectivity index (χ4n) is 1.33. The molecule has 0 atom stereocenters. The third kappa shape index (κ3) is 2.76. The highest BCUT2D eigenvalue weighted by molar-refractivity contribution is 8.01. The summed E-state index contributed by atoms with van der Waals surface area (Å²) in [5, 5.41) is 11.2. The molecule has 1 aromatic rings. The van der Waals surface area contributed by atoms with E-state index in [0.717, 1.165) is 22.9 Å². The number of hydrogen-bond donors (Lipinski definition) is 1. The zero-order valence-electron chi connectivity index (χ0n) is 9.31. The van der Waals surface area contributed by atoms with Gasteiger partial charge in [0.15, 0.2) is 4.34 Å². The number of carbonyl (C=O) groups excluding carboxylic acids is 1. The summed E-state index contributed by atoms with van der Waals surface area (Å²) in [5.41, 5.74) is -0.361. The number of hydrogen-bond acceptors (Lipinski definition) is 5. The number of aromatic nitrogens is 2. The Kier molecular flexibility index (Phi) is 3.63. The molecule has 1 aromatic heterocycles. The van der Waals surface area contributed by atoms with Gasteiger partial charge in [-0.05, 0) is 12.8 Å². The number of nitrogens with one attached hydrogen (secondary N) is 1. The molecule has 0 spiro atoms. The Morgan fingerprint density at radius 2 is 2.29 bits per heavy atom. The topological polar surface area (TPSA) is 54.9 Å². The molecule has 1 saturated carbocycles. The minimum absolute atomic E-state index is 0.0241. The first kappa shape index (κ1) is 12.3. The predicted octanol–water partition coefficient (Wildman–Crippen LogP) is 2.72. The first-order valence-electron chi connectivity index (χ1n) is 5.22. The molecule has 0 radical (unpaired) electrons. The second-order valence-corrected chi connectivity index (χ2v) is 6.03. The summed E-state index contributed by atoms with van der Waals surface area (Å²) < 4.78 is 0.837. The zero-order chi connectivity index (χ0) is 12.3. The second-order valence-electron chi connectivity index (χ2n) is 3.79. The normalized spacial score (nSPS) is 16.2. The Bertz CT molecular complexity index is 451. The highest BCUT2D eigenvalue weighted by atomic mass is 32.2. The van der Waals surface area contributed by atoms with E-state index in [9.17, 15) is 4.79 Å². The summed E-state index contributed by atoms with van der Waals surface area (Å²) in [5.74, 6) is 0.767. The lowest BCUT2D eigenvalue weighted by Gasteiger charge is -2.07. The third-order valence-electron chi connectivity index (χ3n) is 2.58. The van der Waals surface area contributed by atoms with E-state index in [1.165, 1.54) is 11.3 Å². The molecule has 6 heteroatoms. The van der Waals surface area contributed by atoms with Crippen LogP contribution in [0.15, 0.2) is 29.6 Å². The molecule has 0 unspecified atom stereocenters. The van der Waals surface area contributed by atoms with Crippen LogP contribution in [-0.4, -0.2) is 21.9 Å². The van der Waals surface area contributed by atoms with Crippen LogP contribution < -0.4 is 5.32 Å². The van der Waals surface area contributed by atoms with Crippen molar-refractivity contribution in [2.24, 2.45) is 5.41 Å². The van der Waals surface area contributed by atoms with Crippen molar-refractivity contribution >= 4 is 34.1 Å². The van der Waals surface area contributed by atoms with Gasteiger partial charge in [0.05, 0.1) is 5.41 Å². The Morgan fingerprint density at radius 3 is 2.88 bits per heavy atom. The smallest absolute Gasteiger partial charge is 0.236 e. The molecular formula is C11H13N3OS2. The summed E-state index contributed by atoms with van der Waals surface area (Å²) in [6.45, 7) is 7.33. The largest absolute Gasteiger partial charge is 0.300 e. The van der Waals surface area contributed by atoms with Crippen LogP contribution in [0, 0.1) is 5.41 Å². The van der Waals surface area contributed by atoms with Crippen molar-refractivity contribution in [1.82, 2.24) is 10.2 Å². The number of thioether (sulfide) groups is 1. The molecule has 4 nitrogen and oxygen atoms in total. The summed E-state index contributed by atoms with van der Waals surface area (Å²) >= 11 is 2.93. The lowest BCUT2D eigenvalue weighted by molar-refractivity contribution is -0.119. The van der Waals surface area contributed by atoms with Crippen molar-refractivity contribution in [2.45, 2.75) is 17.2 Å². The van der Waals surface area contributed by atoms with Crippen molar-refractivity contribution < 1.29 is 4.79 Å².